The van der Waals surface area contributed by atoms with Crippen molar-refractivity contribution in [1.29, 1.82) is 0 Å². The fraction of sp³-hybridized carbons (Fsp3) is 0.182. The molecule has 0 aliphatic heterocycles. The zero-order valence-corrected chi connectivity index (χ0v) is 16.5. The highest BCUT2D eigenvalue weighted by atomic mass is 16.5. The molecule has 0 fully saturated rings. The van der Waals surface area contributed by atoms with E-state index < -0.39 is 11.9 Å². The number of amides is 1. The molecule has 2 aromatic heterocycles. The molecule has 148 valence electrons. The zero-order chi connectivity index (χ0) is 20.8. The molecule has 0 saturated carbocycles. The Hall–Kier alpha value is -3.74. The van der Waals surface area contributed by atoms with Crippen LogP contribution in [0, 0.1) is 6.92 Å². The summed E-state index contributed by atoms with van der Waals surface area (Å²) in [5.41, 5.74) is 1.96. The second-order valence-electron chi connectivity index (χ2n) is 6.23. The van der Waals surface area contributed by atoms with Gasteiger partial charge in [0.15, 0.2) is 11.6 Å². The average Bonchev–Trinajstić information content (AvgIpc) is 3.12. The van der Waals surface area contributed by atoms with Crippen LogP contribution < -0.4 is 5.32 Å². The molecule has 2 heterocycles. The SMILES string of the molecule is C/C=C/C=C/C(=O)Nc1c(C(=O)OCC)cnn1-c1cc(C)c2ccccc2n1. The van der Waals surface area contributed by atoms with Gasteiger partial charge in [-0.25, -0.2) is 9.78 Å². The van der Waals surface area contributed by atoms with Crippen molar-refractivity contribution in [2.24, 2.45) is 0 Å². The summed E-state index contributed by atoms with van der Waals surface area (Å²) in [4.78, 5) is 29.3. The minimum Gasteiger partial charge on any atom is -0.462 e. The third-order valence-corrected chi connectivity index (χ3v) is 4.18. The number of nitrogens with one attached hydrogen (secondary N) is 1. The Morgan fingerprint density at radius 2 is 2.03 bits per heavy atom. The van der Waals surface area contributed by atoms with E-state index in [1.54, 1.807) is 25.2 Å². The topological polar surface area (TPSA) is 86.1 Å². The summed E-state index contributed by atoms with van der Waals surface area (Å²) in [6.45, 7) is 5.76. The minimum absolute atomic E-state index is 0.159. The van der Waals surface area contributed by atoms with Gasteiger partial charge in [0.1, 0.15) is 5.56 Å². The van der Waals surface area contributed by atoms with Gasteiger partial charge in [-0.05, 0) is 38.5 Å². The standard InChI is InChI=1S/C22H22N4O3/c1-4-6-7-12-20(27)25-21-17(22(28)29-5-2)14-23-26(21)19-13-15(3)16-10-8-9-11-18(16)24-19/h4,6-14H,5H2,1-3H3,(H,25,27)/b6-4+,12-7+. The predicted octanol–water partition coefficient (Wildman–Crippen LogP) is 3.98. The lowest BCUT2D eigenvalue weighted by molar-refractivity contribution is -0.111. The van der Waals surface area contributed by atoms with Gasteiger partial charge in [0.05, 0.1) is 18.3 Å². The highest BCUT2D eigenvalue weighted by molar-refractivity contribution is 6.04. The molecule has 0 aliphatic rings. The summed E-state index contributed by atoms with van der Waals surface area (Å²) < 4.78 is 6.54. The van der Waals surface area contributed by atoms with Crippen molar-refractivity contribution in [3.8, 4) is 5.82 Å². The number of hydrogen-bond acceptors (Lipinski definition) is 5. The van der Waals surface area contributed by atoms with E-state index >= 15 is 0 Å². The fourth-order valence-electron chi connectivity index (χ4n) is 2.85. The van der Waals surface area contributed by atoms with Crippen LogP contribution in [0.3, 0.4) is 0 Å². The van der Waals surface area contributed by atoms with Gasteiger partial charge in [-0.2, -0.15) is 9.78 Å². The van der Waals surface area contributed by atoms with Crippen molar-refractivity contribution >= 4 is 28.6 Å². The number of aromatic nitrogens is 3. The van der Waals surface area contributed by atoms with Crippen LogP contribution in [0.5, 0.6) is 0 Å². The van der Waals surface area contributed by atoms with Crippen LogP contribution in [0.15, 0.2) is 60.8 Å². The number of allylic oxidation sites excluding steroid dienone is 3. The maximum atomic E-state index is 12.4. The molecular weight excluding hydrogens is 368 g/mol. The number of para-hydroxylation sites is 1. The van der Waals surface area contributed by atoms with E-state index in [-0.39, 0.29) is 18.0 Å². The monoisotopic (exact) mass is 390 g/mol. The number of benzene rings is 1. The van der Waals surface area contributed by atoms with E-state index in [1.807, 2.05) is 44.2 Å². The van der Waals surface area contributed by atoms with Crippen molar-refractivity contribution < 1.29 is 14.3 Å². The number of carbonyl (C=O) groups is 2. The van der Waals surface area contributed by atoms with Crippen molar-refractivity contribution in [2.75, 3.05) is 11.9 Å². The number of ether oxygens (including phenoxy) is 1. The van der Waals surface area contributed by atoms with Gasteiger partial charge in [-0.1, -0.05) is 36.4 Å². The fourth-order valence-corrected chi connectivity index (χ4v) is 2.85. The van der Waals surface area contributed by atoms with Gasteiger partial charge in [0.25, 0.3) is 0 Å². The van der Waals surface area contributed by atoms with Crippen LogP contribution in [0.1, 0.15) is 29.8 Å². The van der Waals surface area contributed by atoms with Crippen LogP contribution in [-0.4, -0.2) is 33.2 Å². The molecule has 1 amide bonds. The van der Waals surface area contributed by atoms with Crippen molar-refractivity contribution in [3.05, 3.63) is 72.0 Å². The van der Waals surface area contributed by atoms with Crippen LogP contribution in [0.25, 0.3) is 16.7 Å². The van der Waals surface area contributed by atoms with Crippen molar-refractivity contribution in [1.82, 2.24) is 14.8 Å². The summed E-state index contributed by atoms with van der Waals surface area (Å²) in [7, 11) is 0. The summed E-state index contributed by atoms with van der Waals surface area (Å²) in [6, 6.07) is 9.60. The first-order chi connectivity index (χ1) is 14.0. The molecule has 0 saturated heterocycles. The maximum absolute atomic E-state index is 12.4. The smallest absolute Gasteiger partial charge is 0.343 e. The van der Waals surface area contributed by atoms with E-state index in [4.69, 9.17) is 4.74 Å². The molecule has 0 aliphatic carbocycles. The van der Waals surface area contributed by atoms with Gasteiger partial charge < -0.3 is 10.1 Å². The van der Waals surface area contributed by atoms with E-state index in [9.17, 15) is 9.59 Å². The molecule has 3 aromatic rings. The highest BCUT2D eigenvalue weighted by Crippen LogP contribution is 2.24. The molecular formula is C22H22N4O3. The number of nitrogens with zero attached hydrogens (tertiary/aromatic N) is 3. The van der Waals surface area contributed by atoms with Gasteiger partial charge in [-0.15, -0.1) is 0 Å². The molecule has 0 spiro atoms. The molecule has 29 heavy (non-hydrogen) atoms. The van der Waals surface area contributed by atoms with E-state index in [0.717, 1.165) is 16.5 Å². The summed E-state index contributed by atoms with van der Waals surface area (Å²) >= 11 is 0. The zero-order valence-electron chi connectivity index (χ0n) is 16.5. The van der Waals surface area contributed by atoms with Crippen molar-refractivity contribution in [3.63, 3.8) is 0 Å². The normalized spacial score (nSPS) is 11.4. The molecule has 3 rings (SSSR count). The third-order valence-electron chi connectivity index (χ3n) is 4.18. The lowest BCUT2D eigenvalue weighted by Crippen LogP contribution is -2.16. The Bertz CT molecular complexity index is 1110. The van der Waals surface area contributed by atoms with Crippen LogP contribution in [0.2, 0.25) is 0 Å². The minimum atomic E-state index is -0.566. The Kier molecular flexibility index (Phi) is 6.19. The molecule has 0 radical (unpaired) electrons. The lowest BCUT2D eigenvalue weighted by atomic mass is 10.1. The van der Waals surface area contributed by atoms with Gasteiger partial charge in [-0.3, -0.25) is 4.79 Å². The summed E-state index contributed by atoms with van der Waals surface area (Å²) in [5.74, 6) is -0.262. The Morgan fingerprint density at radius 1 is 1.24 bits per heavy atom. The highest BCUT2D eigenvalue weighted by Gasteiger charge is 2.22. The second kappa shape index (κ2) is 8.97. The summed E-state index contributed by atoms with van der Waals surface area (Å²) in [6.07, 6.45) is 7.89. The second-order valence-corrected chi connectivity index (χ2v) is 6.23. The number of rotatable bonds is 6. The largest absolute Gasteiger partial charge is 0.462 e. The number of fused-ring (bicyclic) bond motifs is 1. The van der Waals surface area contributed by atoms with Crippen LogP contribution >= 0.6 is 0 Å². The van der Waals surface area contributed by atoms with E-state index in [1.165, 1.54) is 17.0 Å². The Labute approximate surface area is 168 Å². The van der Waals surface area contributed by atoms with Crippen LogP contribution in [-0.2, 0) is 9.53 Å². The number of pyridine rings is 1. The number of esters is 1. The molecule has 0 unspecified atom stereocenters. The first-order valence-corrected chi connectivity index (χ1v) is 9.27. The summed E-state index contributed by atoms with van der Waals surface area (Å²) in [5, 5.41) is 8.03. The Morgan fingerprint density at radius 3 is 2.79 bits per heavy atom. The molecule has 0 bridgehead atoms. The first kappa shape index (κ1) is 20.0. The van der Waals surface area contributed by atoms with Gasteiger partial charge in [0, 0.05) is 11.5 Å². The van der Waals surface area contributed by atoms with Crippen molar-refractivity contribution in [2.45, 2.75) is 20.8 Å². The molecule has 1 N–H and O–H groups in total. The van der Waals surface area contributed by atoms with Crippen LogP contribution in [0.4, 0.5) is 5.82 Å². The average molecular weight is 390 g/mol. The van der Waals surface area contributed by atoms with E-state index in [2.05, 4.69) is 15.4 Å². The Balaban J connectivity index is 2.09. The predicted molar refractivity (Wildman–Crippen MR) is 112 cm³/mol. The molecule has 0 atom stereocenters. The number of anilines is 1. The number of hydrogen-bond donors (Lipinski definition) is 1. The first-order valence-electron chi connectivity index (χ1n) is 9.27. The quantitative estimate of drug-likeness (QED) is 0.391. The molecule has 7 heteroatoms. The lowest BCUT2D eigenvalue weighted by Gasteiger charge is -2.11. The van der Waals surface area contributed by atoms with Gasteiger partial charge >= 0.3 is 5.97 Å². The molecule has 7 nitrogen and oxygen atoms in total. The number of carbonyl (C=O) groups excluding carboxylic acids is 2. The molecule has 1 aromatic carbocycles. The maximum Gasteiger partial charge on any atom is 0.343 e. The number of aryl methyl sites for hydroxylation is 1. The van der Waals surface area contributed by atoms with E-state index in [0.29, 0.717) is 5.82 Å². The third kappa shape index (κ3) is 4.40. The van der Waals surface area contributed by atoms with Gasteiger partial charge in [0.2, 0.25) is 5.91 Å².